The molecule has 2 aromatic rings. The van der Waals surface area contributed by atoms with Gasteiger partial charge in [0.1, 0.15) is 0 Å². The summed E-state index contributed by atoms with van der Waals surface area (Å²) in [4.78, 5) is 24.6. The van der Waals surface area contributed by atoms with Crippen LogP contribution in [0.1, 0.15) is 47.6 Å². The van der Waals surface area contributed by atoms with Crippen LogP contribution in [0.4, 0.5) is 5.69 Å². The standard InChI is InChI=1S/C25H31N3O3/c1-15-12-16(2)22(17(3)13-15)19-6-5-7-20-23(19)28(11-10-21(26)29)27(4)24(20)25(30)31-14-18-8-9-18/h5-7,12-13,18,24H,8-11,14H2,1-4H3,(H2,26,29). The first-order valence-electron chi connectivity index (χ1n) is 10.9. The fraction of sp³-hybridized carbons (Fsp3) is 0.440. The molecule has 2 aliphatic rings. The van der Waals surface area contributed by atoms with Gasteiger partial charge in [0.15, 0.2) is 6.04 Å². The molecule has 2 N–H and O–H groups in total. The van der Waals surface area contributed by atoms with Crippen LogP contribution in [0, 0.1) is 26.7 Å². The molecule has 0 aromatic heterocycles. The third-order valence-corrected chi connectivity index (χ3v) is 6.27. The molecule has 1 aliphatic carbocycles. The fourth-order valence-electron chi connectivity index (χ4n) is 4.70. The molecule has 0 spiro atoms. The second kappa shape index (κ2) is 8.35. The minimum Gasteiger partial charge on any atom is -0.464 e. The number of esters is 1. The second-order valence-corrected chi connectivity index (χ2v) is 8.91. The van der Waals surface area contributed by atoms with Crippen LogP contribution in [0.15, 0.2) is 30.3 Å². The van der Waals surface area contributed by atoms with Gasteiger partial charge in [-0.25, -0.2) is 9.80 Å². The van der Waals surface area contributed by atoms with E-state index in [1.807, 2.05) is 29.2 Å². The molecule has 31 heavy (non-hydrogen) atoms. The van der Waals surface area contributed by atoms with Crippen molar-refractivity contribution in [3.05, 3.63) is 52.6 Å². The first-order valence-corrected chi connectivity index (χ1v) is 10.9. The van der Waals surface area contributed by atoms with Gasteiger partial charge >= 0.3 is 5.97 Å². The van der Waals surface area contributed by atoms with Crippen molar-refractivity contribution in [1.29, 1.82) is 0 Å². The second-order valence-electron chi connectivity index (χ2n) is 8.91. The Morgan fingerprint density at radius 1 is 1.13 bits per heavy atom. The van der Waals surface area contributed by atoms with Crippen molar-refractivity contribution < 1.29 is 14.3 Å². The molecular formula is C25H31N3O3. The van der Waals surface area contributed by atoms with E-state index in [1.54, 1.807) is 0 Å². The number of hydrogen-bond acceptors (Lipinski definition) is 5. The fourth-order valence-corrected chi connectivity index (χ4v) is 4.70. The smallest absolute Gasteiger partial charge is 0.329 e. The Balaban J connectivity index is 1.80. The van der Waals surface area contributed by atoms with Crippen LogP contribution in [-0.2, 0) is 14.3 Å². The van der Waals surface area contributed by atoms with E-state index in [9.17, 15) is 9.59 Å². The van der Waals surface area contributed by atoms with Gasteiger partial charge in [0, 0.05) is 31.1 Å². The number of carbonyl (C=O) groups is 2. The lowest BCUT2D eigenvalue weighted by Gasteiger charge is -2.30. The molecular weight excluding hydrogens is 390 g/mol. The third-order valence-electron chi connectivity index (χ3n) is 6.27. The minimum atomic E-state index is -0.535. The minimum absolute atomic E-state index is 0.202. The van der Waals surface area contributed by atoms with E-state index in [0.29, 0.717) is 19.1 Å². The van der Waals surface area contributed by atoms with Gasteiger partial charge in [0.2, 0.25) is 5.91 Å². The molecule has 1 fully saturated rings. The monoisotopic (exact) mass is 421 g/mol. The average molecular weight is 422 g/mol. The van der Waals surface area contributed by atoms with Crippen LogP contribution in [0.25, 0.3) is 11.1 Å². The number of anilines is 1. The molecule has 4 rings (SSSR count). The number of carbonyl (C=O) groups excluding carboxylic acids is 2. The summed E-state index contributed by atoms with van der Waals surface area (Å²) in [7, 11) is 1.88. The quantitative estimate of drug-likeness (QED) is 0.688. The van der Waals surface area contributed by atoms with Gasteiger partial charge < -0.3 is 15.5 Å². The van der Waals surface area contributed by atoms with Gasteiger partial charge in [-0.15, -0.1) is 0 Å². The average Bonchev–Trinajstić information content (AvgIpc) is 3.47. The highest BCUT2D eigenvalue weighted by Crippen LogP contribution is 2.47. The Labute approximate surface area is 183 Å². The summed E-state index contributed by atoms with van der Waals surface area (Å²) in [6.45, 7) is 7.21. The van der Waals surface area contributed by atoms with Crippen molar-refractivity contribution in [3.63, 3.8) is 0 Å². The number of likely N-dealkylation sites (N-methyl/N-ethyl adjacent to an activating group) is 1. The zero-order chi connectivity index (χ0) is 22.3. The number of hydrazine groups is 1. The first kappa shape index (κ1) is 21.4. The predicted octanol–water partition coefficient (Wildman–Crippen LogP) is 3.82. The van der Waals surface area contributed by atoms with Crippen LogP contribution in [0.3, 0.4) is 0 Å². The van der Waals surface area contributed by atoms with Crippen LogP contribution >= 0.6 is 0 Å². The Morgan fingerprint density at radius 3 is 2.42 bits per heavy atom. The molecule has 6 heteroatoms. The topological polar surface area (TPSA) is 75.9 Å². The summed E-state index contributed by atoms with van der Waals surface area (Å²) < 4.78 is 5.66. The van der Waals surface area contributed by atoms with E-state index in [1.165, 1.54) is 16.7 Å². The highest BCUT2D eigenvalue weighted by atomic mass is 16.5. The number of fused-ring (bicyclic) bond motifs is 1. The van der Waals surface area contributed by atoms with E-state index in [4.69, 9.17) is 10.5 Å². The van der Waals surface area contributed by atoms with E-state index < -0.39 is 6.04 Å². The van der Waals surface area contributed by atoms with Crippen LogP contribution < -0.4 is 10.7 Å². The summed E-state index contributed by atoms with van der Waals surface area (Å²) in [5.74, 6) is -0.105. The van der Waals surface area contributed by atoms with Crippen LogP contribution in [-0.4, -0.2) is 37.1 Å². The van der Waals surface area contributed by atoms with E-state index >= 15 is 0 Å². The molecule has 1 aliphatic heterocycles. The molecule has 1 atom stereocenters. The Bertz CT molecular complexity index is 1010. The van der Waals surface area contributed by atoms with Crippen LogP contribution in [0.2, 0.25) is 0 Å². The highest BCUT2D eigenvalue weighted by Gasteiger charge is 2.42. The van der Waals surface area contributed by atoms with Crippen molar-refractivity contribution in [2.24, 2.45) is 11.7 Å². The maximum absolute atomic E-state index is 13.1. The first-order chi connectivity index (χ1) is 14.8. The number of aryl methyl sites for hydroxylation is 3. The lowest BCUT2D eigenvalue weighted by atomic mass is 9.90. The SMILES string of the molecule is Cc1cc(C)c(-c2cccc3c2N(CCC(N)=O)N(C)C3C(=O)OCC2CC2)c(C)c1. The molecule has 0 radical (unpaired) electrons. The Morgan fingerprint density at radius 2 is 1.81 bits per heavy atom. The number of nitrogens with two attached hydrogens (primary N) is 1. The molecule has 6 nitrogen and oxygen atoms in total. The number of hydrogen-bond donors (Lipinski definition) is 1. The number of amides is 1. The summed E-state index contributed by atoms with van der Waals surface area (Å²) in [6, 6.07) is 9.89. The molecule has 1 saturated carbocycles. The molecule has 0 bridgehead atoms. The van der Waals surface area contributed by atoms with Crippen LogP contribution in [0.5, 0.6) is 0 Å². The van der Waals surface area contributed by atoms with Crippen molar-refractivity contribution >= 4 is 17.6 Å². The van der Waals surface area contributed by atoms with Crippen molar-refractivity contribution in [2.45, 2.75) is 46.1 Å². The number of ether oxygens (including phenoxy) is 1. The molecule has 0 saturated heterocycles. The van der Waals surface area contributed by atoms with Crippen molar-refractivity contribution in [3.8, 4) is 11.1 Å². The Hall–Kier alpha value is -2.86. The summed E-state index contributed by atoms with van der Waals surface area (Å²) in [5, 5.41) is 3.91. The molecule has 2 aromatic carbocycles. The van der Waals surface area contributed by atoms with Gasteiger partial charge in [0.25, 0.3) is 0 Å². The summed E-state index contributed by atoms with van der Waals surface area (Å²) in [5.41, 5.74) is 13.1. The number of nitrogens with zero attached hydrogens (tertiary/aromatic N) is 2. The van der Waals surface area contributed by atoms with Crippen molar-refractivity contribution in [1.82, 2.24) is 5.01 Å². The third kappa shape index (κ3) is 4.17. The van der Waals surface area contributed by atoms with Crippen molar-refractivity contribution in [2.75, 3.05) is 25.2 Å². The van der Waals surface area contributed by atoms with Gasteiger partial charge in [-0.2, -0.15) is 0 Å². The van der Waals surface area contributed by atoms with Gasteiger partial charge in [-0.05, 0) is 56.2 Å². The highest BCUT2D eigenvalue weighted by molar-refractivity contribution is 5.91. The molecule has 1 amide bonds. The van der Waals surface area contributed by atoms with E-state index in [-0.39, 0.29) is 18.3 Å². The van der Waals surface area contributed by atoms with Gasteiger partial charge in [-0.3, -0.25) is 4.79 Å². The maximum Gasteiger partial charge on any atom is 0.329 e. The number of primary amides is 1. The maximum atomic E-state index is 13.1. The lowest BCUT2D eigenvalue weighted by Crippen LogP contribution is -2.41. The molecule has 164 valence electrons. The van der Waals surface area contributed by atoms with Gasteiger partial charge in [0.05, 0.1) is 12.3 Å². The number of para-hydroxylation sites is 1. The zero-order valence-corrected chi connectivity index (χ0v) is 18.8. The normalized spacial score (nSPS) is 18.2. The summed E-state index contributed by atoms with van der Waals surface area (Å²) in [6.07, 6.45) is 2.46. The molecule has 1 heterocycles. The Kier molecular flexibility index (Phi) is 5.75. The lowest BCUT2D eigenvalue weighted by molar-refractivity contribution is -0.150. The van der Waals surface area contributed by atoms with Gasteiger partial charge in [-0.1, -0.05) is 35.9 Å². The largest absolute Gasteiger partial charge is 0.464 e. The molecule has 1 unspecified atom stereocenters. The number of benzene rings is 2. The predicted molar refractivity (Wildman–Crippen MR) is 121 cm³/mol. The zero-order valence-electron chi connectivity index (χ0n) is 18.8. The number of rotatable bonds is 7. The van der Waals surface area contributed by atoms with E-state index in [2.05, 4.69) is 39.0 Å². The van der Waals surface area contributed by atoms with E-state index in [0.717, 1.165) is 35.2 Å². The summed E-state index contributed by atoms with van der Waals surface area (Å²) >= 11 is 0.